The number of hydrazone groups is 1. The van der Waals surface area contributed by atoms with E-state index in [0.717, 1.165) is 33.5 Å². The summed E-state index contributed by atoms with van der Waals surface area (Å²) in [6.45, 7) is 3.86. The largest absolute Gasteiger partial charge is 0.481 e. The van der Waals surface area contributed by atoms with Gasteiger partial charge in [0, 0.05) is 34.7 Å². The number of nitrogens with one attached hydrogen (secondary N) is 1. The van der Waals surface area contributed by atoms with E-state index in [2.05, 4.69) is 25.1 Å². The molecule has 7 nitrogen and oxygen atoms in total. The summed E-state index contributed by atoms with van der Waals surface area (Å²) in [5.41, 5.74) is 7.19. The van der Waals surface area contributed by atoms with Crippen LogP contribution < -0.4 is 10.2 Å². The molecule has 150 valence electrons. The second-order valence-corrected chi connectivity index (χ2v) is 6.79. The fourth-order valence-corrected chi connectivity index (χ4v) is 3.34. The van der Waals surface area contributed by atoms with Gasteiger partial charge in [-0.25, -0.2) is 5.43 Å². The first kappa shape index (κ1) is 19.3. The molecule has 0 saturated carbocycles. The highest BCUT2D eigenvalue weighted by atomic mass is 16.5. The van der Waals surface area contributed by atoms with Crippen molar-refractivity contribution < 1.29 is 9.53 Å². The third kappa shape index (κ3) is 4.05. The molecule has 0 fully saturated rings. The lowest BCUT2D eigenvalue weighted by molar-refractivity contribution is -0.123. The molecule has 0 aliphatic rings. The maximum absolute atomic E-state index is 12.1. The third-order valence-corrected chi connectivity index (χ3v) is 4.72. The molecule has 0 atom stereocenters. The van der Waals surface area contributed by atoms with E-state index in [1.807, 2.05) is 62.5 Å². The van der Waals surface area contributed by atoms with E-state index in [-0.39, 0.29) is 12.5 Å². The molecule has 0 radical (unpaired) electrons. The standard InChI is InChI=1S/C23H21N5O2/c1-16-12-19(17(2)28(16)20-8-5-10-24-14-20)13-26-27-22(29)15-30-21-9-3-6-18-7-4-11-25-23(18)21/h3-14H,15H2,1-2H3,(H,27,29)/b26-13+. The number of amides is 1. The highest BCUT2D eigenvalue weighted by Gasteiger charge is 2.10. The highest BCUT2D eigenvalue weighted by Crippen LogP contribution is 2.22. The van der Waals surface area contributed by atoms with Crippen LogP contribution in [-0.4, -0.2) is 33.3 Å². The number of aryl methyl sites for hydroxylation is 1. The minimum atomic E-state index is -0.347. The SMILES string of the molecule is Cc1cc(/C=N/NC(=O)COc2cccc3cccnc23)c(C)n1-c1cccnc1. The molecular formula is C23H21N5O2. The summed E-state index contributed by atoms with van der Waals surface area (Å²) in [7, 11) is 0. The molecular weight excluding hydrogens is 378 g/mol. The van der Waals surface area contributed by atoms with Gasteiger partial charge in [-0.15, -0.1) is 0 Å². The fourth-order valence-electron chi connectivity index (χ4n) is 3.34. The van der Waals surface area contributed by atoms with Crippen LogP contribution >= 0.6 is 0 Å². The quantitative estimate of drug-likeness (QED) is 0.397. The van der Waals surface area contributed by atoms with Gasteiger partial charge in [-0.3, -0.25) is 14.8 Å². The Hall–Kier alpha value is -4.00. The van der Waals surface area contributed by atoms with Crippen molar-refractivity contribution in [2.24, 2.45) is 5.10 Å². The Kier molecular flexibility index (Phi) is 5.52. The molecule has 3 aromatic heterocycles. The number of carbonyl (C=O) groups is 1. The molecule has 0 saturated heterocycles. The molecule has 1 amide bonds. The van der Waals surface area contributed by atoms with Crippen LogP contribution in [-0.2, 0) is 4.79 Å². The number of benzene rings is 1. The Morgan fingerprint density at radius 3 is 2.83 bits per heavy atom. The van der Waals surface area contributed by atoms with Crippen LogP contribution in [0.1, 0.15) is 17.0 Å². The lowest BCUT2D eigenvalue weighted by Gasteiger charge is -2.08. The second-order valence-electron chi connectivity index (χ2n) is 6.79. The summed E-state index contributed by atoms with van der Waals surface area (Å²) >= 11 is 0. The van der Waals surface area contributed by atoms with Crippen molar-refractivity contribution in [2.75, 3.05) is 6.61 Å². The maximum Gasteiger partial charge on any atom is 0.277 e. The molecule has 30 heavy (non-hydrogen) atoms. The molecule has 1 N–H and O–H groups in total. The average molecular weight is 399 g/mol. The van der Waals surface area contributed by atoms with Gasteiger partial charge in [0.1, 0.15) is 11.3 Å². The van der Waals surface area contributed by atoms with E-state index in [9.17, 15) is 4.79 Å². The minimum absolute atomic E-state index is 0.151. The normalized spacial score (nSPS) is 11.1. The lowest BCUT2D eigenvalue weighted by atomic mass is 10.2. The van der Waals surface area contributed by atoms with Crippen molar-refractivity contribution in [3.8, 4) is 11.4 Å². The van der Waals surface area contributed by atoms with Crippen molar-refractivity contribution in [1.29, 1.82) is 0 Å². The molecule has 4 aromatic rings. The topological polar surface area (TPSA) is 81.4 Å². The van der Waals surface area contributed by atoms with Gasteiger partial charge in [-0.2, -0.15) is 5.10 Å². The van der Waals surface area contributed by atoms with Crippen LogP contribution in [0.3, 0.4) is 0 Å². The van der Waals surface area contributed by atoms with Crippen LogP contribution in [0.5, 0.6) is 5.75 Å². The summed E-state index contributed by atoms with van der Waals surface area (Å²) < 4.78 is 7.72. The van der Waals surface area contributed by atoms with Crippen LogP contribution in [0.2, 0.25) is 0 Å². The molecule has 7 heteroatoms. The second kappa shape index (κ2) is 8.57. The summed E-state index contributed by atoms with van der Waals surface area (Å²) in [5, 5.41) is 5.03. The Morgan fingerprint density at radius 1 is 1.17 bits per heavy atom. The molecule has 0 aliphatic heterocycles. The third-order valence-electron chi connectivity index (χ3n) is 4.72. The van der Waals surface area contributed by atoms with Crippen molar-refractivity contribution in [3.05, 3.63) is 84.1 Å². The van der Waals surface area contributed by atoms with E-state index in [4.69, 9.17) is 4.74 Å². The predicted molar refractivity (Wildman–Crippen MR) is 116 cm³/mol. The first-order valence-corrected chi connectivity index (χ1v) is 9.51. The van der Waals surface area contributed by atoms with Gasteiger partial charge in [0.15, 0.2) is 6.61 Å². The molecule has 3 heterocycles. The number of hydrogen-bond acceptors (Lipinski definition) is 5. The number of para-hydroxylation sites is 1. The number of pyridine rings is 2. The van der Waals surface area contributed by atoms with Gasteiger partial charge < -0.3 is 9.30 Å². The number of carbonyl (C=O) groups excluding carboxylic acids is 1. The number of aromatic nitrogens is 3. The number of fused-ring (bicyclic) bond motifs is 1. The number of ether oxygens (including phenoxy) is 1. The zero-order chi connectivity index (χ0) is 20.9. The van der Waals surface area contributed by atoms with Gasteiger partial charge in [0.05, 0.1) is 18.1 Å². The lowest BCUT2D eigenvalue weighted by Crippen LogP contribution is -2.24. The van der Waals surface area contributed by atoms with E-state index < -0.39 is 0 Å². The molecule has 4 rings (SSSR count). The Labute approximate surface area is 174 Å². The average Bonchev–Trinajstić information content (AvgIpc) is 3.06. The number of nitrogens with zero attached hydrogens (tertiary/aromatic N) is 4. The van der Waals surface area contributed by atoms with Crippen molar-refractivity contribution >= 4 is 23.0 Å². The molecule has 0 aliphatic carbocycles. The minimum Gasteiger partial charge on any atom is -0.481 e. The van der Waals surface area contributed by atoms with Crippen LogP contribution in [0.15, 0.2) is 72.2 Å². The van der Waals surface area contributed by atoms with Crippen LogP contribution in [0.4, 0.5) is 0 Å². The summed E-state index contributed by atoms with van der Waals surface area (Å²) in [5.74, 6) is 0.215. The van der Waals surface area contributed by atoms with Gasteiger partial charge in [0.25, 0.3) is 5.91 Å². The van der Waals surface area contributed by atoms with E-state index in [0.29, 0.717) is 5.75 Å². The van der Waals surface area contributed by atoms with Gasteiger partial charge >= 0.3 is 0 Å². The van der Waals surface area contributed by atoms with Gasteiger partial charge in [-0.05, 0) is 44.2 Å². The fraction of sp³-hybridized carbons (Fsp3) is 0.130. The maximum atomic E-state index is 12.1. The predicted octanol–water partition coefficient (Wildman–Crippen LogP) is 3.57. The van der Waals surface area contributed by atoms with Crippen LogP contribution in [0.25, 0.3) is 16.6 Å². The zero-order valence-corrected chi connectivity index (χ0v) is 16.7. The Bertz CT molecular complexity index is 1210. The summed E-state index contributed by atoms with van der Waals surface area (Å²) in [4.78, 5) is 20.6. The number of rotatable bonds is 6. The monoisotopic (exact) mass is 399 g/mol. The first-order valence-electron chi connectivity index (χ1n) is 9.51. The Balaban J connectivity index is 1.40. The number of hydrogen-bond donors (Lipinski definition) is 1. The molecule has 1 aromatic carbocycles. The summed E-state index contributed by atoms with van der Waals surface area (Å²) in [6.07, 6.45) is 6.88. The van der Waals surface area contributed by atoms with Crippen molar-refractivity contribution in [1.82, 2.24) is 20.0 Å². The van der Waals surface area contributed by atoms with Crippen LogP contribution in [0, 0.1) is 13.8 Å². The molecule has 0 bridgehead atoms. The van der Waals surface area contributed by atoms with Crippen molar-refractivity contribution in [3.63, 3.8) is 0 Å². The van der Waals surface area contributed by atoms with E-state index in [1.54, 1.807) is 24.7 Å². The van der Waals surface area contributed by atoms with E-state index >= 15 is 0 Å². The Morgan fingerprint density at radius 2 is 2.00 bits per heavy atom. The van der Waals surface area contributed by atoms with E-state index in [1.165, 1.54) is 0 Å². The molecule has 0 unspecified atom stereocenters. The van der Waals surface area contributed by atoms with Crippen molar-refractivity contribution in [2.45, 2.75) is 13.8 Å². The molecule has 0 spiro atoms. The zero-order valence-electron chi connectivity index (χ0n) is 16.7. The van der Waals surface area contributed by atoms with Gasteiger partial charge in [0.2, 0.25) is 0 Å². The summed E-state index contributed by atoms with van der Waals surface area (Å²) in [6, 6.07) is 15.3. The first-order chi connectivity index (χ1) is 14.6. The smallest absolute Gasteiger partial charge is 0.277 e. The van der Waals surface area contributed by atoms with Gasteiger partial charge in [-0.1, -0.05) is 18.2 Å². The highest BCUT2D eigenvalue weighted by molar-refractivity contribution is 5.86.